The summed E-state index contributed by atoms with van der Waals surface area (Å²) < 4.78 is 6.47. The summed E-state index contributed by atoms with van der Waals surface area (Å²) in [6, 6.07) is 15.9. The number of methoxy groups -OCH3 is 1. The number of hydrogen-bond donors (Lipinski definition) is 2. The maximum atomic E-state index is 11.3. The van der Waals surface area contributed by atoms with Crippen LogP contribution in [0, 0.1) is 11.8 Å². The van der Waals surface area contributed by atoms with Crippen LogP contribution in [0.25, 0.3) is 0 Å². The van der Waals surface area contributed by atoms with Gasteiger partial charge in [0.15, 0.2) is 5.11 Å². The van der Waals surface area contributed by atoms with Gasteiger partial charge < -0.3 is 20.1 Å². The van der Waals surface area contributed by atoms with Gasteiger partial charge in [-0.25, -0.2) is 0 Å². The summed E-state index contributed by atoms with van der Waals surface area (Å²) in [5.74, 6) is 0.278. The average molecular weight is 491 g/mol. The fraction of sp³-hybridized carbons (Fsp3) is 0.391. The molecule has 30 heavy (non-hydrogen) atoms. The van der Waals surface area contributed by atoms with Crippen molar-refractivity contribution in [3.63, 3.8) is 0 Å². The van der Waals surface area contributed by atoms with E-state index in [4.69, 9.17) is 17.0 Å². The lowest BCUT2D eigenvalue weighted by Crippen LogP contribution is -2.39. The van der Waals surface area contributed by atoms with Gasteiger partial charge in [-0.3, -0.25) is 4.79 Å². The predicted molar refractivity (Wildman–Crippen MR) is 127 cm³/mol. The highest BCUT2D eigenvalue weighted by molar-refractivity contribution is 9.10. The van der Waals surface area contributed by atoms with Crippen LogP contribution >= 0.6 is 28.1 Å². The van der Waals surface area contributed by atoms with Crippen molar-refractivity contribution in [3.05, 3.63) is 58.6 Å². The fourth-order valence-electron chi connectivity index (χ4n) is 3.92. The standard InChI is InChI=1S/C23H27BrN2O3S/c1-29-21-8-3-2-7-20(21)25-23(30)26(15-17-5-4-6-19(24)13-17)14-16-9-11-18(12-10-16)22(27)28/h2-8,13,16,18H,9-12,14-15H2,1H3,(H,25,30)(H,27,28). The van der Waals surface area contributed by atoms with E-state index in [9.17, 15) is 9.90 Å². The van der Waals surface area contributed by atoms with Gasteiger partial charge in [0.1, 0.15) is 5.75 Å². The van der Waals surface area contributed by atoms with E-state index in [-0.39, 0.29) is 5.92 Å². The van der Waals surface area contributed by atoms with Gasteiger partial charge in [-0.2, -0.15) is 0 Å². The van der Waals surface area contributed by atoms with Gasteiger partial charge in [-0.15, -0.1) is 0 Å². The number of benzene rings is 2. The van der Waals surface area contributed by atoms with Gasteiger partial charge in [-0.1, -0.05) is 40.2 Å². The van der Waals surface area contributed by atoms with E-state index < -0.39 is 5.97 Å². The summed E-state index contributed by atoms with van der Waals surface area (Å²) in [4.78, 5) is 13.4. The van der Waals surface area contributed by atoms with E-state index in [0.717, 1.165) is 53.7 Å². The minimum Gasteiger partial charge on any atom is -0.495 e. The van der Waals surface area contributed by atoms with E-state index in [1.165, 1.54) is 0 Å². The van der Waals surface area contributed by atoms with E-state index in [2.05, 4.69) is 38.3 Å². The number of carboxylic acids is 1. The van der Waals surface area contributed by atoms with Crippen LogP contribution < -0.4 is 10.1 Å². The van der Waals surface area contributed by atoms with Gasteiger partial charge in [0.2, 0.25) is 0 Å². The largest absolute Gasteiger partial charge is 0.495 e. The molecule has 1 aliphatic rings. The molecule has 7 heteroatoms. The highest BCUT2D eigenvalue weighted by Crippen LogP contribution is 2.30. The van der Waals surface area contributed by atoms with Crippen LogP contribution in [-0.4, -0.2) is 34.7 Å². The van der Waals surface area contributed by atoms with Crippen LogP contribution in [0.3, 0.4) is 0 Å². The number of aliphatic carboxylic acids is 1. The lowest BCUT2D eigenvalue weighted by atomic mass is 9.82. The van der Waals surface area contributed by atoms with Crippen molar-refractivity contribution in [2.75, 3.05) is 19.0 Å². The Morgan fingerprint density at radius 2 is 1.93 bits per heavy atom. The Balaban J connectivity index is 1.73. The molecule has 2 aromatic rings. The van der Waals surface area contributed by atoms with Gasteiger partial charge in [0.25, 0.3) is 0 Å². The SMILES string of the molecule is COc1ccccc1NC(=S)N(Cc1cccc(Br)c1)CC1CCC(C(=O)O)CC1. The van der Waals surface area contributed by atoms with Gasteiger partial charge in [0, 0.05) is 17.6 Å². The molecule has 0 unspecified atom stereocenters. The second-order valence-electron chi connectivity index (χ2n) is 7.70. The molecule has 0 aromatic heterocycles. The zero-order valence-electron chi connectivity index (χ0n) is 17.0. The Kier molecular flexibility index (Phi) is 8.10. The summed E-state index contributed by atoms with van der Waals surface area (Å²) >= 11 is 9.32. The summed E-state index contributed by atoms with van der Waals surface area (Å²) in [5.41, 5.74) is 1.99. The average Bonchev–Trinajstić information content (AvgIpc) is 2.74. The summed E-state index contributed by atoms with van der Waals surface area (Å²) in [5, 5.41) is 13.2. The van der Waals surface area contributed by atoms with E-state index in [1.807, 2.05) is 36.4 Å². The van der Waals surface area contributed by atoms with Crippen LogP contribution in [0.2, 0.25) is 0 Å². The third kappa shape index (κ3) is 6.19. The number of ether oxygens (including phenoxy) is 1. The number of para-hydroxylation sites is 2. The zero-order valence-corrected chi connectivity index (χ0v) is 19.4. The maximum Gasteiger partial charge on any atom is 0.306 e. The van der Waals surface area contributed by atoms with Gasteiger partial charge in [0.05, 0.1) is 18.7 Å². The molecule has 0 radical (unpaired) electrons. The molecule has 5 nitrogen and oxygen atoms in total. The summed E-state index contributed by atoms with van der Waals surface area (Å²) in [6.45, 7) is 1.47. The molecule has 2 aromatic carbocycles. The van der Waals surface area contributed by atoms with Crippen LogP contribution in [0.4, 0.5) is 5.69 Å². The maximum absolute atomic E-state index is 11.3. The lowest BCUT2D eigenvalue weighted by molar-refractivity contribution is -0.143. The first kappa shape index (κ1) is 22.6. The van der Waals surface area contributed by atoms with Crippen molar-refractivity contribution in [1.29, 1.82) is 0 Å². The third-order valence-electron chi connectivity index (χ3n) is 5.57. The second-order valence-corrected chi connectivity index (χ2v) is 9.00. The molecule has 0 amide bonds. The number of hydrogen-bond acceptors (Lipinski definition) is 3. The van der Waals surface area contributed by atoms with Crippen molar-refractivity contribution >= 4 is 44.9 Å². The molecule has 1 fully saturated rings. The Morgan fingerprint density at radius 1 is 1.20 bits per heavy atom. The van der Waals surface area contributed by atoms with Crippen LogP contribution in [-0.2, 0) is 11.3 Å². The first-order valence-corrected chi connectivity index (χ1v) is 11.3. The summed E-state index contributed by atoms with van der Waals surface area (Å²) in [7, 11) is 1.64. The van der Waals surface area contributed by atoms with E-state index in [1.54, 1.807) is 7.11 Å². The molecule has 0 bridgehead atoms. The minimum absolute atomic E-state index is 0.210. The van der Waals surface area contributed by atoms with Gasteiger partial charge in [-0.05, 0) is 73.6 Å². The normalized spacial score (nSPS) is 18.5. The number of nitrogens with one attached hydrogen (secondary N) is 1. The Morgan fingerprint density at radius 3 is 2.60 bits per heavy atom. The van der Waals surface area contributed by atoms with Crippen LogP contribution in [0.1, 0.15) is 31.2 Å². The molecule has 1 aliphatic carbocycles. The molecule has 0 aliphatic heterocycles. The van der Waals surface area contributed by atoms with E-state index >= 15 is 0 Å². The molecule has 0 spiro atoms. The van der Waals surface area contributed by atoms with E-state index in [0.29, 0.717) is 17.6 Å². The lowest BCUT2D eigenvalue weighted by Gasteiger charge is -2.33. The quantitative estimate of drug-likeness (QED) is 0.496. The van der Waals surface area contributed by atoms with Crippen molar-refractivity contribution in [3.8, 4) is 5.75 Å². The number of anilines is 1. The third-order valence-corrected chi connectivity index (χ3v) is 6.43. The molecule has 3 rings (SSSR count). The first-order valence-electron chi connectivity index (χ1n) is 10.1. The predicted octanol–water partition coefficient (Wildman–Crippen LogP) is 5.55. The molecular formula is C23H27BrN2O3S. The van der Waals surface area contributed by atoms with Gasteiger partial charge >= 0.3 is 5.97 Å². The van der Waals surface area contributed by atoms with Crippen molar-refractivity contribution in [2.24, 2.45) is 11.8 Å². The highest BCUT2D eigenvalue weighted by atomic mass is 79.9. The molecule has 160 valence electrons. The molecule has 0 atom stereocenters. The summed E-state index contributed by atoms with van der Waals surface area (Å²) in [6.07, 6.45) is 3.28. The second kappa shape index (κ2) is 10.8. The Labute approximate surface area is 191 Å². The zero-order chi connectivity index (χ0) is 21.5. The Bertz CT molecular complexity index is 884. The number of halogens is 1. The number of carboxylic acid groups (broad SMARTS) is 1. The smallest absolute Gasteiger partial charge is 0.306 e. The molecule has 0 saturated heterocycles. The first-order chi connectivity index (χ1) is 14.5. The number of nitrogens with zero attached hydrogens (tertiary/aromatic N) is 1. The fourth-order valence-corrected chi connectivity index (χ4v) is 4.62. The number of thiocarbonyl (C=S) groups is 1. The number of carbonyl (C=O) groups is 1. The highest BCUT2D eigenvalue weighted by Gasteiger charge is 2.27. The molecule has 1 saturated carbocycles. The number of rotatable bonds is 7. The van der Waals surface area contributed by atoms with Crippen molar-refractivity contribution in [2.45, 2.75) is 32.2 Å². The Hall–Kier alpha value is -2.12. The molecular weight excluding hydrogens is 464 g/mol. The monoisotopic (exact) mass is 490 g/mol. The minimum atomic E-state index is -0.673. The molecule has 2 N–H and O–H groups in total. The van der Waals surface area contributed by atoms with Crippen LogP contribution in [0.5, 0.6) is 5.75 Å². The van der Waals surface area contributed by atoms with Crippen LogP contribution in [0.15, 0.2) is 53.0 Å². The van der Waals surface area contributed by atoms with Crippen molar-refractivity contribution < 1.29 is 14.6 Å². The van der Waals surface area contributed by atoms with Crippen molar-refractivity contribution in [1.82, 2.24) is 4.90 Å². The topological polar surface area (TPSA) is 61.8 Å². The molecule has 0 heterocycles.